The summed E-state index contributed by atoms with van der Waals surface area (Å²) in [6.45, 7) is 6.01. The minimum atomic E-state index is -4.41. The normalized spacial score (nSPS) is 13.2. The maximum absolute atomic E-state index is 11.0. The van der Waals surface area contributed by atoms with Gasteiger partial charge in [0.05, 0.1) is 6.61 Å². The molecule has 0 heterocycles. The summed E-state index contributed by atoms with van der Waals surface area (Å²) in [6, 6.07) is 5.79. The van der Waals surface area contributed by atoms with E-state index < -0.39 is 15.6 Å². The Bertz CT molecular complexity index is 524. The zero-order valence-electron chi connectivity index (χ0n) is 12.1. The maximum Gasteiger partial charge on any atom is 0.147 e. The van der Waals surface area contributed by atoms with Gasteiger partial charge in [0.2, 0.25) is 0 Å². The van der Waals surface area contributed by atoms with Crippen LogP contribution in [-0.2, 0) is 14.9 Å². The summed E-state index contributed by atoms with van der Waals surface area (Å²) >= 11 is 0. The van der Waals surface area contributed by atoms with Crippen molar-refractivity contribution in [2.45, 2.75) is 39.0 Å². The van der Waals surface area contributed by atoms with Crippen molar-refractivity contribution in [2.75, 3.05) is 13.2 Å². The molecule has 0 aliphatic heterocycles. The van der Waals surface area contributed by atoms with E-state index in [1.807, 2.05) is 32.0 Å². The molecular weight excluding hydrogens is 280 g/mol. The molecule has 6 heteroatoms. The van der Waals surface area contributed by atoms with E-state index in [1.165, 1.54) is 0 Å². The van der Waals surface area contributed by atoms with Gasteiger partial charge in [0.15, 0.2) is 0 Å². The highest BCUT2D eigenvalue weighted by Gasteiger charge is 2.15. The Morgan fingerprint density at radius 3 is 2.50 bits per heavy atom. The molecule has 0 bridgehead atoms. The molecule has 1 aromatic rings. The van der Waals surface area contributed by atoms with Gasteiger partial charge in [0.1, 0.15) is 27.9 Å². The van der Waals surface area contributed by atoms with Gasteiger partial charge in [-0.25, -0.2) is 8.42 Å². The first-order valence-corrected chi connectivity index (χ1v) is 8.08. The van der Waals surface area contributed by atoms with E-state index >= 15 is 0 Å². The molecule has 1 aromatic carbocycles. The largest absolute Gasteiger partial charge is 0.746 e. The van der Waals surface area contributed by atoms with Crippen molar-refractivity contribution in [3.8, 4) is 5.75 Å². The number of benzene rings is 1. The number of rotatable bonds is 8. The standard InChI is InChI=1S/C14H22O5S/c1-4-5-14(20(15,16)17)19-9-8-18-13-7-6-11(2)10-12(13)3/h6-7,10,14H,4-5,8-9H2,1-3H3,(H,15,16,17)/p-1. The first kappa shape index (κ1) is 16.9. The monoisotopic (exact) mass is 301 g/mol. The zero-order chi connectivity index (χ0) is 15.2. The molecule has 0 aliphatic carbocycles. The van der Waals surface area contributed by atoms with E-state index in [0.717, 1.165) is 16.9 Å². The minimum absolute atomic E-state index is 0.0689. The second-order valence-electron chi connectivity index (χ2n) is 4.70. The topological polar surface area (TPSA) is 75.7 Å². The van der Waals surface area contributed by atoms with E-state index in [1.54, 1.807) is 6.92 Å². The van der Waals surface area contributed by atoms with Crippen LogP contribution < -0.4 is 4.74 Å². The molecule has 1 unspecified atom stereocenters. The summed E-state index contributed by atoms with van der Waals surface area (Å²) in [7, 11) is -4.41. The molecule has 1 atom stereocenters. The van der Waals surface area contributed by atoms with Crippen LogP contribution in [0.2, 0.25) is 0 Å². The summed E-state index contributed by atoms with van der Waals surface area (Å²) in [5.74, 6) is 0.733. The zero-order valence-corrected chi connectivity index (χ0v) is 12.9. The van der Waals surface area contributed by atoms with Crippen LogP contribution in [0.5, 0.6) is 5.75 Å². The fourth-order valence-corrected chi connectivity index (χ4v) is 2.63. The molecule has 1 rings (SSSR count). The van der Waals surface area contributed by atoms with E-state index in [0.29, 0.717) is 6.42 Å². The van der Waals surface area contributed by atoms with Gasteiger partial charge in [-0.1, -0.05) is 31.0 Å². The van der Waals surface area contributed by atoms with Crippen LogP contribution in [0.25, 0.3) is 0 Å². The first-order valence-electron chi connectivity index (χ1n) is 6.61. The van der Waals surface area contributed by atoms with Gasteiger partial charge in [-0.2, -0.15) is 0 Å². The van der Waals surface area contributed by atoms with Crippen molar-refractivity contribution in [1.82, 2.24) is 0 Å². The Morgan fingerprint density at radius 1 is 1.25 bits per heavy atom. The molecule has 114 valence electrons. The molecule has 0 aliphatic rings. The molecule has 5 nitrogen and oxygen atoms in total. The molecule has 0 saturated heterocycles. The SMILES string of the molecule is CCCC(OCCOc1ccc(C)cc1C)S(=O)(=O)[O-]. The van der Waals surface area contributed by atoms with Gasteiger partial charge in [-0.05, 0) is 31.9 Å². The van der Waals surface area contributed by atoms with E-state index in [2.05, 4.69) is 0 Å². The smallest absolute Gasteiger partial charge is 0.147 e. The highest BCUT2D eigenvalue weighted by atomic mass is 32.2. The number of ether oxygens (including phenoxy) is 2. The molecular formula is C14H21O5S-. The van der Waals surface area contributed by atoms with Crippen molar-refractivity contribution in [3.63, 3.8) is 0 Å². The fraction of sp³-hybridized carbons (Fsp3) is 0.571. The molecule has 0 saturated carbocycles. The summed E-state index contributed by atoms with van der Waals surface area (Å²) < 4.78 is 43.5. The third-order valence-corrected chi connectivity index (χ3v) is 3.84. The van der Waals surface area contributed by atoms with Crippen molar-refractivity contribution >= 4 is 10.1 Å². The van der Waals surface area contributed by atoms with Crippen LogP contribution in [0.15, 0.2) is 18.2 Å². The minimum Gasteiger partial charge on any atom is -0.746 e. The van der Waals surface area contributed by atoms with Gasteiger partial charge in [0.25, 0.3) is 0 Å². The number of hydrogen-bond donors (Lipinski definition) is 0. The van der Waals surface area contributed by atoms with Crippen molar-refractivity contribution in [1.29, 1.82) is 0 Å². The molecule has 0 aromatic heterocycles. The Kier molecular flexibility index (Phi) is 6.45. The second kappa shape index (κ2) is 7.61. The van der Waals surface area contributed by atoms with Gasteiger partial charge in [0, 0.05) is 0 Å². The van der Waals surface area contributed by atoms with Crippen molar-refractivity contribution in [3.05, 3.63) is 29.3 Å². The van der Waals surface area contributed by atoms with Crippen LogP contribution in [0.3, 0.4) is 0 Å². The third-order valence-electron chi connectivity index (χ3n) is 2.82. The predicted molar refractivity (Wildman–Crippen MR) is 75.8 cm³/mol. The Morgan fingerprint density at radius 2 is 1.95 bits per heavy atom. The maximum atomic E-state index is 11.0. The number of hydrogen-bond acceptors (Lipinski definition) is 5. The third kappa shape index (κ3) is 5.48. The summed E-state index contributed by atoms with van der Waals surface area (Å²) in [4.78, 5) is 0. The lowest BCUT2D eigenvalue weighted by atomic mass is 10.1. The van der Waals surface area contributed by atoms with Crippen LogP contribution >= 0.6 is 0 Å². The van der Waals surface area contributed by atoms with E-state index in [4.69, 9.17) is 9.47 Å². The number of aryl methyl sites for hydroxylation is 2. The van der Waals surface area contributed by atoms with Crippen molar-refractivity contribution in [2.24, 2.45) is 0 Å². The first-order chi connectivity index (χ1) is 9.34. The lowest BCUT2D eigenvalue weighted by molar-refractivity contribution is 0.0671. The highest BCUT2D eigenvalue weighted by molar-refractivity contribution is 7.86. The molecule has 20 heavy (non-hydrogen) atoms. The van der Waals surface area contributed by atoms with Crippen LogP contribution in [0, 0.1) is 13.8 Å². The Hall–Kier alpha value is -1.11. The van der Waals surface area contributed by atoms with Gasteiger partial charge in [-0.15, -0.1) is 0 Å². The molecule has 0 amide bonds. The Balaban J connectivity index is 2.44. The lowest BCUT2D eigenvalue weighted by Gasteiger charge is -2.20. The highest BCUT2D eigenvalue weighted by Crippen LogP contribution is 2.18. The summed E-state index contributed by atoms with van der Waals surface area (Å²) in [6.07, 6.45) is 0.777. The molecule has 0 fully saturated rings. The average molecular weight is 301 g/mol. The van der Waals surface area contributed by atoms with Crippen LogP contribution in [-0.4, -0.2) is 31.6 Å². The lowest BCUT2D eigenvalue weighted by Crippen LogP contribution is -2.26. The molecule has 0 N–H and O–H groups in total. The second-order valence-corrected chi connectivity index (χ2v) is 6.21. The quantitative estimate of drug-likeness (QED) is 0.544. The van der Waals surface area contributed by atoms with Crippen LogP contribution in [0.1, 0.15) is 30.9 Å². The summed E-state index contributed by atoms with van der Waals surface area (Å²) in [5, 5.41) is 0. The van der Waals surface area contributed by atoms with Gasteiger partial charge in [-0.3, -0.25) is 0 Å². The van der Waals surface area contributed by atoms with Crippen LogP contribution in [0.4, 0.5) is 0 Å². The van der Waals surface area contributed by atoms with E-state index in [-0.39, 0.29) is 19.6 Å². The molecule has 0 radical (unpaired) electrons. The fourth-order valence-electron chi connectivity index (χ4n) is 1.84. The average Bonchev–Trinajstić information content (AvgIpc) is 2.34. The predicted octanol–water partition coefficient (Wildman–Crippen LogP) is 2.37. The molecule has 0 spiro atoms. The Labute approximate surface area is 120 Å². The summed E-state index contributed by atoms with van der Waals surface area (Å²) in [5.41, 5.74) is 0.869. The van der Waals surface area contributed by atoms with Crippen molar-refractivity contribution < 1.29 is 22.4 Å². The van der Waals surface area contributed by atoms with Gasteiger partial charge >= 0.3 is 0 Å². The van der Waals surface area contributed by atoms with E-state index in [9.17, 15) is 13.0 Å². The van der Waals surface area contributed by atoms with Gasteiger partial charge < -0.3 is 14.0 Å².